The Morgan fingerprint density at radius 2 is 2.17 bits per heavy atom. The maximum Gasteiger partial charge on any atom is 0.143 e. The molecule has 1 radical (unpaired) electrons. The predicted octanol–water partition coefficient (Wildman–Crippen LogP) is 2.51. The Hall–Kier alpha value is -0.193. The Kier molecular flexibility index (Phi) is 6.24. The van der Waals surface area contributed by atoms with Gasteiger partial charge >= 0.3 is 0 Å². The van der Waals surface area contributed by atoms with Crippen LogP contribution in [-0.4, -0.2) is 23.8 Å². The van der Waals surface area contributed by atoms with Gasteiger partial charge in [-0.2, -0.15) is 0 Å². The molecular formula is C9H14FLiN. The van der Waals surface area contributed by atoms with Gasteiger partial charge in [-0.3, -0.25) is 0 Å². The van der Waals surface area contributed by atoms with E-state index < -0.39 is 0 Å². The van der Waals surface area contributed by atoms with E-state index in [1.165, 1.54) is 18.9 Å². The summed E-state index contributed by atoms with van der Waals surface area (Å²) in [7, 11) is 0. The fourth-order valence-electron chi connectivity index (χ4n) is 1.13. The second-order valence-electron chi connectivity index (χ2n) is 2.76. The van der Waals surface area contributed by atoms with E-state index in [9.17, 15) is 4.39 Å². The molecule has 1 heterocycles. The quantitative estimate of drug-likeness (QED) is 0.517. The molecule has 1 N–H and O–H groups in total. The molecule has 0 unspecified atom stereocenters. The van der Waals surface area contributed by atoms with Crippen LogP contribution in [0, 0.1) is 5.82 Å². The van der Waals surface area contributed by atoms with Gasteiger partial charge in [-0.25, -0.2) is 4.39 Å². The third kappa shape index (κ3) is 3.47. The summed E-state index contributed by atoms with van der Waals surface area (Å²) < 4.78 is 12.7. The van der Waals surface area contributed by atoms with E-state index in [0.29, 0.717) is 0 Å². The largest absolute Gasteiger partial charge is 0.363 e. The second-order valence-corrected chi connectivity index (χ2v) is 2.76. The molecule has 63 valence electrons. The van der Waals surface area contributed by atoms with Crippen LogP contribution in [0.5, 0.6) is 0 Å². The molecule has 1 aromatic heterocycles. The number of H-pyrrole nitrogens is 1. The van der Waals surface area contributed by atoms with Crippen molar-refractivity contribution in [2.45, 2.75) is 32.6 Å². The first-order valence-electron chi connectivity index (χ1n) is 4.16. The zero-order valence-electron chi connectivity index (χ0n) is 7.86. The number of halogens is 1. The van der Waals surface area contributed by atoms with Gasteiger partial charge in [-0.15, -0.1) is 0 Å². The predicted molar refractivity (Wildman–Crippen MR) is 49.7 cm³/mol. The molecule has 0 saturated heterocycles. The Labute approximate surface area is 84.9 Å². The summed E-state index contributed by atoms with van der Waals surface area (Å²) in [5.41, 5.74) is 0.749. The van der Waals surface area contributed by atoms with Crippen molar-refractivity contribution in [1.29, 1.82) is 0 Å². The van der Waals surface area contributed by atoms with Gasteiger partial charge < -0.3 is 4.98 Å². The van der Waals surface area contributed by atoms with Gasteiger partial charge in [0.15, 0.2) is 0 Å². The number of hydrogen-bond acceptors (Lipinski definition) is 0. The van der Waals surface area contributed by atoms with Crippen LogP contribution in [0.15, 0.2) is 12.3 Å². The average molecular weight is 162 g/mol. The van der Waals surface area contributed by atoms with Gasteiger partial charge in [-0.1, -0.05) is 19.8 Å². The van der Waals surface area contributed by atoms with Crippen LogP contribution >= 0.6 is 0 Å². The summed E-state index contributed by atoms with van der Waals surface area (Å²) >= 11 is 0. The average Bonchev–Trinajstić information content (AvgIpc) is 2.37. The number of aryl methyl sites for hydroxylation is 1. The SMILES string of the molecule is CCCCCc1[nH]ccc1F.[Li]. The number of nitrogens with one attached hydrogen (secondary N) is 1. The van der Waals surface area contributed by atoms with Gasteiger partial charge in [0.2, 0.25) is 0 Å². The number of aromatic amines is 1. The molecule has 1 rings (SSSR count). The zero-order valence-corrected chi connectivity index (χ0v) is 7.86. The molecule has 3 heteroatoms. The summed E-state index contributed by atoms with van der Waals surface area (Å²) in [5, 5.41) is 0. The fraction of sp³-hybridized carbons (Fsp3) is 0.556. The first-order chi connectivity index (χ1) is 5.34. The minimum Gasteiger partial charge on any atom is -0.363 e. The van der Waals surface area contributed by atoms with Crippen molar-refractivity contribution in [2.75, 3.05) is 0 Å². The monoisotopic (exact) mass is 162 g/mol. The van der Waals surface area contributed by atoms with E-state index in [2.05, 4.69) is 11.9 Å². The minimum absolute atomic E-state index is 0. The van der Waals surface area contributed by atoms with Crippen molar-refractivity contribution in [3.63, 3.8) is 0 Å². The Balaban J connectivity index is 0.00000121. The molecule has 0 aromatic carbocycles. The zero-order chi connectivity index (χ0) is 8.10. The molecule has 0 aliphatic heterocycles. The number of aromatic nitrogens is 1. The molecule has 1 nitrogen and oxygen atoms in total. The number of rotatable bonds is 4. The standard InChI is InChI=1S/C9H14FN.Li/c1-2-3-4-5-9-8(10)6-7-11-9;/h6-7,11H,2-5H2,1H3;. The van der Waals surface area contributed by atoms with Gasteiger partial charge in [-0.05, 0) is 18.9 Å². The molecule has 0 amide bonds. The molecule has 12 heavy (non-hydrogen) atoms. The Bertz CT molecular complexity index is 210. The van der Waals surface area contributed by atoms with Crippen LogP contribution in [0.3, 0.4) is 0 Å². The summed E-state index contributed by atoms with van der Waals surface area (Å²) in [6, 6.07) is 1.47. The molecule has 0 bridgehead atoms. The first kappa shape index (κ1) is 11.8. The van der Waals surface area contributed by atoms with Crippen molar-refractivity contribution in [1.82, 2.24) is 4.98 Å². The fourth-order valence-corrected chi connectivity index (χ4v) is 1.13. The summed E-state index contributed by atoms with van der Waals surface area (Å²) in [6.45, 7) is 2.14. The van der Waals surface area contributed by atoms with E-state index in [0.717, 1.165) is 18.5 Å². The first-order valence-corrected chi connectivity index (χ1v) is 4.16. The molecule has 1 aromatic rings. The minimum atomic E-state index is -0.0962. The van der Waals surface area contributed by atoms with E-state index >= 15 is 0 Å². The van der Waals surface area contributed by atoms with Crippen molar-refractivity contribution in [2.24, 2.45) is 0 Å². The third-order valence-corrected chi connectivity index (χ3v) is 1.81. The van der Waals surface area contributed by atoms with E-state index in [-0.39, 0.29) is 24.7 Å². The van der Waals surface area contributed by atoms with Gasteiger partial charge in [0, 0.05) is 25.1 Å². The molecular weight excluding hydrogens is 148 g/mol. The Morgan fingerprint density at radius 3 is 2.67 bits per heavy atom. The van der Waals surface area contributed by atoms with E-state index in [4.69, 9.17) is 0 Å². The second kappa shape index (κ2) is 6.34. The number of hydrogen-bond donors (Lipinski definition) is 1. The van der Waals surface area contributed by atoms with Crippen LogP contribution in [0.2, 0.25) is 0 Å². The number of unbranched alkanes of at least 4 members (excludes halogenated alkanes) is 2. The molecule has 0 fully saturated rings. The van der Waals surface area contributed by atoms with Crippen LogP contribution in [0.4, 0.5) is 4.39 Å². The third-order valence-electron chi connectivity index (χ3n) is 1.81. The normalized spacial score (nSPS) is 9.50. The van der Waals surface area contributed by atoms with Crippen LogP contribution in [-0.2, 0) is 6.42 Å². The molecule has 0 saturated carbocycles. The van der Waals surface area contributed by atoms with Crippen molar-refractivity contribution in [3.8, 4) is 0 Å². The van der Waals surface area contributed by atoms with E-state index in [1.807, 2.05) is 0 Å². The summed E-state index contributed by atoms with van der Waals surface area (Å²) in [4.78, 5) is 2.89. The molecule has 0 atom stereocenters. The van der Waals surface area contributed by atoms with Crippen LogP contribution in [0.1, 0.15) is 31.9 Å². The van der Waals surface area contributed by atoms with Gasteiger partial charge in [0.05, 0.1) is 5.69 Å². The van der Waals surface area contributed by atoms with Gasteiger partial charge in [0.25, 0.3) is 0 Å². The summed E-state index contributed by atoms with van der Waals surface area (Å²) in [6.07, 6.45) is 5.93. The maximum absolute atomic E-state index is 12.7. The van der Waals surface area contributed by atoms with E-state index in [1.54, 1.807) is 6.20 Å². The Morgan fingerprint density at radius 1 is 1.42 bits per heavy atom. The smallest absolute Gasteiger partial charge is 0.143 e. The van der Waals surface area contributed by atoms with Gasteiger partial charge in [0.1, 0.15) is 5.82 Å². The maximum atomic E-state index is 12.7. The van der Waals surface area contributed by atoms with Crippen molar-refractivity contribution >= 4 is 18.9 Å². The summed E-state index contributed by atoms with van der Waals surface area (Å²) in [5.74, 6) is -0.0962. The molecule has 0 aliphatic rings. The van der Waals surface area contributed by atoms with Crippen molar-refractivity contribution in [3.05, 3.63) is 23.8 Å². The topological polar surface area (TPSA) is 15.8 Å². The van der Waals surface area contributed by atoms with Crippen LogP contribution in [0.25, 0.3) is 0 Å². The van der Waals surface area contributed by atoms with Crippen LogP contribution < -0.4 is 0 Å². The molecule has 0 aliphatic carbocycles. The molecule has 0 spiro atoms. The van der Waals surface area contributed by atoms with Crippen molar-refractivity contribution < 1.29 is 4.39 Å².